The first-order valence-electron chi connectivity index (χ1n) is 7.37. The third-order valence-electron chi connectivity index (χ3n) is 4.39. The number of nitrogens with two attached hydrogens (primary N) is 1. The highest BCUT2D eigenvalue weighted by Gasteiger charge is 2.43. The van der Waals surface area contributed by atoms with Gasteiger partial charge in [0.25, 0.3) is 5.69 Å². The standard InChI is InChI=1S/C16H15N5O2/c1-10-8-20-14(15(18-9-19-20)16(17)6-7-16)13(10)11-2-4-12(5-3-11)21(22)23/h2-5,8-9H,6-7,17H2,1H3. The molecule has 1 aromatic carbocycles. The molecule has 1 aliphatic rings. The Morgan fingerprint density at radius 3 is 2.61 bits per heavy atom. The van der Waals surface area contributed by atoms with E-state index in [0.717, 1.165) is 40.7 Å². The van der Waals surface area contributed by atoms with Crippen molar-refractivity contribution in [2.24, 2.45) is 5.73 Å². The van der Waals surface area contributed by atoms with Crippen LogP contribution in [0.1, 0.15) is 24.1 Å². The fourth-order valence-corrected chi connectivity index (χ4v) is 2.98. The Morgan fingerprint density at radius 2 is 2.00 bits per heavy atom. The van der Waals surface area contributed by atoms with Gasteiger partial charge in [0, 0.05) is 23.9 Å². The van der Waals surface area contributed by atoms with Crippen LogP contribution in [0.2, 0.25) is 0 Å². The van der Waals surface area contributed by atoms with E-state index in [0.29, 0.717) is 0 Å². The van der Waals surface area contributed by atoms with Crippen molar-refractivity contribution in [1.82, 2.24) is 14.6 Å². The molecular weight excluding hydrogens is 294 g/mol. The molecular formula is C16H15N5O2. The average molecular weight is 309 g/mol. The molecule has 3 aromatic rings. The van der Waals surface area contributed by atoms with Gasteiger partial charge in [-0.15, -0.1) is 0 Å². The van der Waals surface area contributed by atoms with E-state index in [1.807, 2.05) is 13.1 Å². The lowest BCUT2D eigenvalue weighted by Gasteiger charge is -2.11. The van der Waals surface area contributed by atoms with Crippen LogP contribution < -0.4 is 5.73 Å². The van der Waals surface area contributed by atoms with Gasteiger partial charge in [0.15, 0.2) is 0 Å². The molecule has 2 heterocycles. The molecule has 2 N–H and O–H groups in total. The van der Waals surface area contributed by atoms with Crippen LogP contribution in [0, 0.1) is 17.0 Å². The molecule has 1 aliphatic carbocycles. The highest BCUT2D eigenvalue weighted by molar-refractivity contribution is 5.86. The van der Waals surface area contributed by atoms with Crippen molar-refractivity contribution in [3.63, 3.8) is 0 Å². The van der Waals surface area contributed by atoms with Gasteiger partial charge in [0.05, 0.1) is 21.7 Å². The molecule has 0 aliphatic heterocycles. The number of non-ortho nitro benzene ring substituents is 1. The van der Waals surface area contributed by atoms with Crippen molar-refractivity contribution in [3.05, 3.63) is 58.2 Å². The number of benzene rings is 1. The highest BCUT2D eigenvalue weighted by atomic mass is 16.6. The van der Waals surface area contributed by atoms with E-state index in [2.05, 4.69) is 10.1 Å². The first-order chi connectivity index (χ1) is 11.0. The van der Waals surface area contributed by atoms with Gasteiger partial charge in [-0.25, -0.2) is 9.50 Å². The Kier molecular flexibility index (Phi) is 2.76. The fourth-order valence-electron chi connectivity index (χ4n) is 2.98. The Labute approximate surface area is 131 Å². The van der Waals surface area contributed by atoms with Crippen LogP contribution in [0.4, 0.5) is 5.69 Å². The van der Waals surface area contributed by atoms with Gasteiger partial charge in [-0.1, -0.05) is 0 Å². The molecule has 0 saturated heterocycles. The van der Waals surface area contributed by atoms with Crippen LogP contribution in [0.5, 0.6) is 0 Å². The largest absolute Gasteiger partial charge is 0.320 e. The van der Waals surface area contributed by atoms with Crippen LogP contribution in [0.25, 0.3) is 16.6 Å². The minimum absolute atomic E-state index is 0.0730. The predicted octanol–water partition coefficient (Wildman–Crippen LogP) is 2.56. The summed E-state index contributed by atoms with van der Waals surface area (Å²) < 4.78 is 1.79. The lowest BCUT2D eigenvalue weighted by Crippen LogP contribution is -2.22. The molecule has 0 unspecified atom stereocenters. The van der Waals surface area contributed by atoms with Crippen molar-refractivity contribution in [1.29, 1.82) is 0 Å². The molecule has 1 saturated carbocycles. The summed E-state index contributed by atoms with van der Waals surface area (Å²) in [7, 11) is 0. The summed E-state index contributed by atoms with van der Waals surface area (Å²) in [5.41, 5.74) is 10.7. The second kappa shape index (κ2) is 4.60. The number of hydrogen-bond donors (Lipinski definition) is 1. The van der Waals surface area contributed by atoms with E-state index >= 15 is 0 Å². The van der Waals surface area contributed by atoms with Crippen LogP contribution in [0.3, 0.4) is 0 Å². The van der Waals surface area contributed by atoms with E-state index in [4.69, 9.17) is 5.73 Å². The van der Waals surface area contributed by atoms with Crippen LogP contribution in [-0.2, 0) is 5.54 Å². The first kappa shape index (κ1) is 13.8. The molecule has 7 nitrogen and oxygen atoms in total. The molecule has 1 fully saturated rings. The molecule has 0 bridgehead atoms. The summed E-state index contributed by atoms with van der Waals surface area (Å²) in [4.78, 5) is 14.9. The lowest BCUT2D eigenvalue weighted by molar-refractivity contribution is -0.384. The van der Waals surface area contributed by atoms with Crippen molar-refractivity contribution < 1.29 is 4.92 Å². The molecule has 23 heavy (non-hydrogen) atoms. The van der Waals surface area contributed by atoms with E-state index in [9.17, 15) is 10.1 Å². The van der Waals surface area contributed by atoms with E-state index in [1.165, 1.54) is 18.5 Å². The van der Waals surface area contributed by atoms with Crippen LogP contribution in [-0.4, -0.2) is 19.5 Å². The van der Waals surface area contributed by atoms with Crippen molar-refractivity contribution in [3.8, 4) is 11.1 Å². The normalized spacial score (nSPS) is 15.7. The predicted molar refractivity (Wildman–Crippen MR) is 84.9 cm³/mol. The molecule has 7 heteroatoms. The van der Waals surface area contributed by atoms with E-state index < -0.39 is 4.92 Å². The summed E-state index contributed by atoms with van der Waals surface area (Å²) in [6.07, 6.45) is 5.27. The summed E-state index contributed by atoms with van der Waals surface area (Å²) in [6.45, 7) is 1.99. The van der Waals surface area contributed by atoms with Gasteiger partial charge in [-0.2, -0.15) is 5.10 Å². The Morgan fingerprint density at radius 1 is 1.30 bits per heavy atom. The number of aryl methyl sites for hydroxylation is 1. The summed E-state index contributed by atoms with van der Waals surface area (Å²) in [5, 5.41) is 15.1. The van der Waals surface area contributed by atoms with Crippen molar-refractivity contribution >= 4 is 11.2 Å². The molecule has 0 atom stereocenters. The lowest BCUT2D eigenvalue weighted by atomic mass is 10.00. The Bertz CT molecular complexity index is 926. The number of nitro groups is 1. The molecule has 0 spiro atoms. The van der Waals surface area contributed by atoms with Crippen LogP contribution >= 0.6 is 0 Å². The second-order valence-corrected chi connectivity index (χ2v) is 6.05. The monoisotopic (exact) mass is 309 g/mol. The number of hydrogen-bond acceptors (Lipinski definition) is 5. The van der Waals surface area contributed by atoms with Gasteiger partial charge in [-0.05, 0) is 43.0 Å². The average Bonchev–Trinajstić information content (AvgIpc) is 3.19. The fraction of sp³-hybridized carbons (Fsp3) is 0.250. The topological polar surface area (TPSA) is 99.3 Å². The van der Waals surface area contributed by atoms with Crippen molar-refractivity contribution in [2.45, 2.75) is 25.3 Å². The highest BCUT2D eigenvalue weighted by Crippen LogP contribution is 2.45. The summed E-state index contributed by atoms with van der Waals surface area (Å²) in [6, 6.07) is 6.54. The number of nitrogens with zero attached hydrogens (tertiary/aromatic N) is 4. The Balaban J connectivity index is 1.96. The summed E-state index contributed by atoms with van der Waals surface area (Å²) in [5.74, 6) is 0. The summed E-state index contributed by atoms with van der Waals surface area (Å²) >= 11 is 0. The van der Waals surface area contributed by atoms with Gasteiger partial charge < -0.3 is 5.73 Å². The van der Waals surface area contributed by atoms with Gasteiger partial charge in [0.2, 0.25) is 0 Å². The number of fused-ring (bicyclic) bond motifs is 1. The molecule has 0 radical (unpaired) electrons. The Hall–Kier alpha value is -2.80. The maximum absolute atomic E-state index is 10.8. The quantitative estimate of drug-likeness (QED) is 0.592. The third kappa shape index (κ3) is 2.08. The first-order valence-corrected chi connectivity index (χ1v) is 7.37. The molecule has 116 valence electrons. The molecule has 2 aromatic heterocycles. The van der Waals surface area contributed by atoms with Gasteiger partial charge >= 0.3 is 0 Å². The zero-order valence-corrected chi connectivity index (χ0v) is 12.6. The molecule has 4 rings (SSSR count). The third-order valence-corrected chi connectivity index (χ3v) is 4.39. The maximum Gasteiger partial charge on any atom is 0.269 e. The van der Waals surface area contributed by atoms with Crippen molar-refractivity contribution in [2.75, 3.05) is 0 Å². The minimum Gasteiger partial charge on any atom is -0.320 e. The second-order valence-electron chi connectivity index (χ2n) is 6.05. The maximum atomic E-state index is 10.8. The van der Waals surface area contributed by atoms with Crippen LogP contribution in [0.15, 0.2) is 36.8 Å². The zero-order chi connectivity index (χ0) is 16.2. The minimum atomic E-state index is -0.401. The number of nitro benzene ring substituents is 1. The number of rotatable bonds is 3. The van der Waals surface area contributed by atoms with Gasteiger partial charge in [0.1, 0.15) is 6.33 Å². The smallest absolute Gasteiger partial charge is 0.269 e. The van der Waals surface area contributed by atoms with E-state index in [1.54, 1.807) is 16.6 Å². The number of aromatic nitrogens is 3. The van der Waals surface area contributed by atoms with Gasteiger partial charge in [-0.3, -0.25) is 10.1 Å². The van der Waals surface area contributed by atoms with E-state index in [-0.39, 0.29) is 11.2 Å². The molecule has 0 amide bonds. The SMILES string of the molecule is Cc1cn2ncnc(C3(N)CC3)c2c1-c1ccc([N+](=O)[O-])cc1. The zero-order valence-electron chi connectivity index (χ0n) is 12.6.